The Hall–Kier alpha value is -0.310. The number of halogens is 3. The Labute approximate surface area is 84.2 Å². The first-order valence-corrected chi connectivity index (χ1v) is 4.37. The summed E-state index contributed by atoms with van der Waals surface area (Å²) in [5, 5.41) is 1.22. The average Bonchev–Trinajstić information content (AvgIpc) is 2.30. The molecule has 62 valence electrons. The van der Waals surface area contributed by atoms with Crippen molar-refractivity contribution in [1.82, 2.24) is 0 Å². The van der Waals surface area contributed by atoms with Gasteiger partial charge >= 0.3 is 0 Å². The third-order valence-electron chi connectivity index (χ3n) is 1.58. The highest BCUT2D eigenvalue weighted by atomic mass is 35.5. The van der Waals surface area contributed by atoms with E-state index in [0.717, 1.165) is 5.71 Å². The van der Waals surface area contributed by atoms with E-state index in [9.17, 15) is 0 Å². The molecule has 1 aliphatic heterocycles. The molecule has 1 atom stereocenters. The summed E-state index contributed by atoms with van der Waals surface area (Å²) < 4.78 is 0. The van der Waals surface area contributed by atoms with Crippen LogP contribution >= 0.6 is 34.8 Å². The molecule has 0 spiro atoms. The molecular formula is C7H3Cl3N2. The predicted molar refractivity (Wildman–Crippen MR) is 52.4 cm³/mol. The van der Waals surface area contributed by atoms with E-state index in [2.05, 4.69) is 9.98 Å². The molecule has 0 amide bonds. The lowest BCUT2D eigenvalue weighted by Gasteiger charge is -2.09. The fourth-order valence-electron chi connectivity index (χ4n) is 1.04. The zero-order valence-electron chi connectivity index (χ0n) is 5.76. The number of fused-ring (bicyclic) bond motifs is 1. The van der Waals surface area contributed by atoms with Gasteiger partial charge in [0, 0.05) is 0 Å². The lowest BCUT2D eigenvalue weighted by atomic mass is 10.1. The molecule has 0 radical (unpaired) electrons. The van der Waals surface area contributed by atoms with Gasteiger partial charge in [0.25, 0.3) is 0 Å². The Kier molecular flexibility index (Phi) is 1.99. The summed E-state index contributed by atoms with van der Waals surface area (Å²) >= 11 is 17.1. The molecule has 12 heavy (non-hydrogen) atoms. The molecular weight excluding hydrogens is 218 g/mol. The van der Waals surface area contributed by atoms with Gasteiger partial charge in [0.15, 0.2) is 0 Å². The van der Waals surface area contributed by atoms with Crippen molar-refractivity contribution in [1.29, 1.82) is 0 Å². The predicted octanol–water partition coefficient (Wildman–Crippen LogP) is 2.66. The number of rotatable bonds is 0. The van der Waals surface area contributed by atoms with E-state index in [4.69, 9.17) is 34.8 Å². The molecule has 2 nitrogen and oxygen atoms in total. The summed E-state index contributed by atoms with van der Waals surface area (Å²) in [6.07, 6.45) is 3.39. The number of aliphatic imine (C=N–C) groups is 2. The van der Waals surface area contributed by atoms with Crippen LogP contribution in [-0.4, -0.2) is 17.0 Å². The quantitative estimate of drug-likeness (QED) is 0.562. The standard InChI is InChI=1S/C7H3Cl3N2/c8-3-1-5-6(2-4(3)9)12-7(10)11-5/h1-2,5H. The zero-order valence-corrected chi connectivity index (χ0v) is 8.03. The Balaban J connectivity index is 2.43. The van der Waals surface area contributed by atoms with Crippen LogP contribution in [0.4, 0.5) is 0 Å². The smallest absolute Gasteiger partial charge is 0.219 e. The number of hydrogen-bond donors (Lipinski definition) is 0. The Morgan fingerprint density at radius 3 is 2.67 bits per heavy atom. The van der Waals surface area contributed by atoms with Gasteiger partial charge in [-0.15, -0.1) is 0 Å². The van der Waals surface area contributed by atoms with Gasteiger partial charge in [-0.25, -0.2) is 9.98 Å². The van der Waals surface area contributed by atoms with E-state index < -0.39 is 0 Å². The van der Waals surface area contributed by atoms with E-state index >= 15 is 0 Å². The summed E-state index contributed by atoms with van der Waals surface area (Å²) in [5.41, 5.74) is 0.745. The second kappa shape index (κ2) is 2.87. The van der Waals surface area contributed by atoms with Crippen LogP contribution in [0.25, 0.3) is 0 Å². The molecule has 0 fully saturated rings. The third kappa shape index (κ3) is 1.30. The van der Waals surface area contributed by atoms with Gasteiger partial charge in [0.1, 0.15) is 6.04 Å². The molecule has 0 saturated carbocycles. The summed E-state index contributed by atoms with van der Waals surface area (Å²) in [4.78, 5) is 7.97. The Bertz CT molecular complexity index is 352. The van der Waals surface area contributed by atoms with Gasteiger partial charge in [0.05, 0.1) is 15.8 Å². The van der Waals surface area contributed by atoms with Crippen molar-refractivity contribution in [2.75, 3.05) is 0 Å². The molecule has 0 saturated heterocycles. The van der Waals surface area contributed by atoms with Gasteiger partial charge in [-0.05, 0) is 23.8 Å². The minimum Gasteiger partial charge on any atom is -0.242 e. The van der Waals surface area contributed by atoms with Gasteiger partial charge in [-0.2, -0.15) is 0 Å². The van der Waals surface area contributed by atoms with Crippen LogP contribution in [0.5, 0.6) is 0 Å². The van der Waals surface area contributed by atoms with E-state index in [1.807, 2.05) is 0 Å². The van der Waals surface area contributed by atoms with Crippen LogP contribution in [0, 0.1) is 0 Å². The molecule has 0 aromatic heterocycles. The van der Waals surface area contributed by atoms with Crippen molar-refractivity contribution in [3.05, 3.63) is 22.2 Å². The summed E-state index contributed by atoms with van der Waals surface area (Å²) in [5.74, 6) is 0. The molecule has 2 aliphatic rings. The van der Waals surface area contributed by atoms with Gasteiger partial charge in [-0.1, -0.05) is 23.2 Å². The molecule has 0 bridgehead atoms. The molecule has 5 heteroatoms. The van der Waals surface area contributed by atoms with Crippen LogP contribution in [0.1, 0.15) is 0 Å². The van der Waals surface area contributed by atoms with E-state index in [1.165, 1.54) is 0 Å². The molecule has 1 aliphatic carbocycles. The summed E-state index contributed by atoms with van der Waals surface area (Å²) in [7, 11) is 0. The molecule has 1 unspecified atom stereocenters. The third-order valence-corrected chi connectivity index (χ3v) is 2.50. The van der Waals surface area contributed by atoms with Crippen LogP contribution < -0.4 is 0 Å². The molecule has 0 N–H and O–H groups in total. The topological polar surface area (TPSA) is 24.7 Å². The first-order valence-electron chi connectivity index (χ1n) is 3.23. The SMILES string of the molecule is ClC1=CC2=NC(Cl)=NC2C=C1Cl. The monoisotopic (exact) mass is 220 g/mol. The lowest BCUT2D eigenvalue weighted by molar-refractivity contribution is 1.11. The van der Waals surface area contributed by atoms with Crippen LogP contribution in [0.3, 0.4) is 0 Å². The maximum Gasteiger partial charge on any atom is 0.219 e. The number of amidine groups is 1. The highest BCUT2D eigenvalue weighted by Gasteiger charge is 2.23. The number of nitrogens with zero attached hydrogens (tertiary/aromatic N) is 2. The van der Waals surface area contributed by atoms with Crippen molar-refractivity contribution >= 4 is 45.8 Å². The Morgan fingerprint density at radius 1 is 1.17 bits per heavy atom. The van der Waals surface area contributed by atoms with Crippen molar-refractivity contribution in [3.8, 4) is 0 Å². The largest absolute Gasteiger partial charge is 0.242 e. The summed E-state index contributed by atoms with van der Waals surface area (Å²) in [6.45, 7) is 0. The minimum absolute atomic E-state index is 0.146. The van der Waals surface area contributed by atoms with Crippen LogP contribution in [0.2, 0.25) is 0 Å². The number of allylic oxidation sites excluding steroid dienone is 2. The van der Waals surface area contributed by atoms with Crippen LogP contribution in [0.15, 0.2) is 32.2 Å². The van der Waals surface area contributed by atoms with E-state index in [0.29, 0.717) is 10.1 Å². The van der Waals surface area contributed by atoms with E-state index in [1.54, 1.807) is 12.2 Å². The summed E-state index contributed by atoms with van der Waals surface area (Å²) in [6, 6.07) is -0.146. The lowest BCUT2D eigenvalue weighted by Crippen LogP contribution is -2.14. The number of hydrogen-bond acceptors (Lipinski definition) is 2. The molecule has 2 rings (SSSR count). The van der Waals surface area contributed by atoms with E-state index in [-0.39, 0.29) is 11.3 Å². The maximum absolute atomic E-state index is 5.77. The fraction of sp³-hybridized carbons (Fsp3) is 0.143. The van der Waals surface area contributed by atoms with Crippen molar-refractivity contribution < 1.29 is 0 Å². The first-order chi connectivity index (χ1) is 5.66. The van der Waals surface area contributed by atoms with Gasteiger partial charge < -0.3 is 0 Å². The second-order valence-corrected chi connectivity index (χ2v) is 3.54. The van der Waals surface area contributed by atoms with Crippen molar-refractivity contribution in [3.63, 3.8) is 0 Å². The van der Waals surface area contributed by atoms with Crippen molar-refractivity contribution in [2.45, 2.75) is 6.04 Å². The highest BCUT2D eigenvalue weighted by Crippen LogP contribution is 2.27. The van der Waals surface area contributed by atoms with Crippen molar-refractivity contribution in [2.24, 2.45) is 9.98 Å². The average molecular weight is 221 g/mol. The van der Waals surface area contributed by atoms with Crippen LogP contribution in [-0.2, 0) is 0 Å². The molecule has 1 heterocycles. The Morgan fingerprint density at radius 2 is 1.92 bits per heavy atom. The first kappa shape index (κ1) is 8.30. The molecule has 0 aromatic carbocycles. The second-order valence-electron chi connectivity index (χ2n) is 2.39. The minimum atomic E-state index is -0.146. The van der Waals surface area contributed by atoms with Gasteiger partial charge in [0.2, 0.25) is 5.29 Å². The highest BCUT2D eigenvalue weighted by molar-refractivity contribution is 6.66. The maximum atomic E-state index is 5.77. The molecule has 0 aromatic rings. The van der Waals surface area contributed by atoms with Gasteiger partial charge in [-0.3, -0.25) is 0 Å². The fourth-order valence-corrected chi connectivity index (χ4v) is 1.59. The zero-order chi connectivity index (χ0) is 8.72. The normalized spacial score (nSPS) is 27.1.